The molecule has 0 radical (unpaired) electrons. The summed E-state index contributed by atoms with van der Waals surface area (Å²) in [6, 6.07) is 0.299. The maximum absolute atomic E-state index is 9.35. The van der Waals surface area contributed by atoms with Gasteiger partial charge in [-0.3, -0.25) is 0 Å². The van der Waals surface area contributed by atoms with Crippen LogP contribution in [0.5, 0.6) is 0 Å². The van der Waals surface area contributed by atoms with Crippen LogP contribution in [0.3, 0.4) is 0 Å². The maximum Gasteiger partial charge on any atom is 2.00 e. The first-order chi connectivity index (χ1) is 6.43. The number of carboxylic acids is 1. The van der Waals surface area contributed by atoms with Crippen molar-refractivity contribution in [2.45, 2.75) is 37.8 Å². The number of hydrogen-bond donors (Lipinski definition) is 2. The molecule has 0 aliphatic heterocycles. The Hall–Kier alpha value is -0.382. The summed E-state index contributed by atoms with van der Waals surface area (Å²) in [5.41, 5.74) is 14.6. The number of carbonyl (C=O) groups is 1. The van der Waals surface area contributed by atoms with Crippen molar-refractivity contribution >= 4 is 5.97 Å². The van der Waals surface area contributed by atoms with Gasteiger partial charge in [0.25, 0.3) is 0 Å². The van der Waals surface area contributed by atoms with Gasteiger partial charge in [0, 0.05) is 0 Å². The van der Waals surface area contributed by atoms with E-state index in [9.17, 15) is 4.79 Å². The standard InChI is InChI=1S/C6H12N2.C3H4O3.Pt/c7-5-1-2-6(8)4-3-5;1-2(4)3(5)6;/h5-8H,1-4H2;4H,1H2,(H,5,6);/q-2;;+2. The van der Waals surface area contributed by atoms with E-state index >= 15 is 0 Å². The van der Waals surface area contributed by atoms with Crippen LogP contribution in [-0.4, -0.2) is 28.3 Å². The van der Waals surface area contributed by atoms with Crippen molar-refractivity contribution in [3.63, 3.8) is 0 Å². The van der Waals surface area contributed by atoms with E-state index in [4.69, 9.17) is 21.7 Å². The molecule has 5 nitrogen and oxygen atoms in total. The average Bonchev–Trinajstić information content (AvgIpc) is 2.11. The molecule has 0 amide bonds. The van der Waals surface area contributed by atoms with Gasteiger partial charge in [-0.2, -0.15) is 0 Å². The molecule has 1 rings (SSSR count). The molecular weight excluding hydrogens is 379 g/mol. The minimum absolute atomic E-state index is 0. The third-order valence-electron chi connectivity index (χ3n) is 1.97. The van der Waals surface area contributed by atoms with Crippen molar-refractivity contribution < 1.29 is 36.1 Å². The molecule has 0 aromatic heterocycles. The van der Waals surface area contributed by atoms with E-state index in [1.807, 2.05) is 0 Å². The van der Waals surface area contributed by atoms with Gasteiger partial charge in [-0.05, 0) is 6.58 Å². The molecular formula is C9H16N2O3Pt. The van der Waals surface area contributed by atoms with Gasteiger partial charge < -0.3 is 21.7 Å². The fourth-order valence-electron chi connectivity index (χ4n) is 1.09. The smallest absolute Gasteiger partial charge is 0.675 e. The van der Waals surface area contributed by atoms with Crippen molar-refractivity contribution in [3.05, 3.63) is 23.8 Å². The van der Waals surface area contributed by atoms with Crippen molar-refractivity contribution in [2.75, 3.05) is 0 Å². The second-order valence-corrected chi connectivity index (χ2v) is 3.30. The van der Waals surface area contributed by atoms with Crippen LogP contribution in [0.1, 0.15) is 25.7 Å². The SMILES string of the molecule is C=C(O)C(=O)O.[NH-]C1CCC([NH-])CC1.[Pt+2]. The Kier molecular flexibility index (Phi) is 10.1. The minimum Gasteiger partial charge on any atom is -0.675 e. The molecule has 6 heteroatoms. The van der Waals surface area contributed by atoms with Gasteiger partial charge in [0.2, 0.25) is 0 Å². The van der Waals surface area contributed by atoms with Crippen LogP contribution >= 0.6 is 0 Å². The van der Waals surface area contributed by atoms with Crippen LogP contribution in [0.25, 0.3) is 11.5 Å². The summed E-state index contributed by atoms with van der Waals surface area (Å²) in [4.78, 5) is 9.35. The molecule has 0 spiro atoms. The summed E-state index contributed by atoms with van der Waals surface area (Å²) >= 11 is 0. The molecule has 4 N–H and O–H groups in total. The molecule has 0 heterocycles. The second-order valence-electron chi connectivity index (χ2n) is 3.30. The van der Waals surface area contributed by atoms with Gasteiger partial charge in [-0.1, -0.05) is 25.7 Å². The molecule has 0 saturated heterocycles. The zero-order chi connectivity index (χ0) is 11.1. The Balaban J connectivity index is 0. The van der Waals surface area contributed by atoms with E-state index in [1.165, 1.54) is 0 Å². The first kappa shape index (κ1) is 17.0. The third kappa shape index (κ3) is 9.91. The second kappa shape index (κ2) is 8.89. The maximum atomic E-state index is 9.35. The first-order valence-corrected chi connectivity index (χ1v) is 4.47. The molecule has 1 saturated carbocycles. The van der Waals surface area contributed by atoms with E-state index < -0.39 is 11.7 Å². The zero-order valence-electron chi connectivity index (χ0n) is 8.31. The summed E-state index contributed by atoms with van der Waals surface area (Å²) in [6.07, 6.45) is 3.81. The van der Waals surface area contributed by atoms with E-state index in [1.54, 1.807) is 0 Å². The molecule has 0 aromatic rings. The van der Waals surface area contributed by atoms with Crippen LogP contribution in [0, 0.1) is 0 Å². The largest absolute Gasteiger partial charge is 2.00 e. The predicted molar refractivity (Wildman–Crippen MR) is 54.1 cm³/mol. The Labute approximate surface area is 104 Å². The predicted octanol–water partition coefficient (Wildman–Crippen LogP) is 2.54. The van der Waals surface area contributed by atoms with E-state index in [0.717, 1.165) is 25.7 Å². The van der Waals surface area contributed by atoms with Gasteiger partial charge in [-0.25, -0.2) is 4.79 Å². The van der Waals surface area contributed by atoms with Crippen molar-refractivity contribution in [1.82, 2.24) is 0 Å². The van der Waals surface area contributed by atoms with Crippen molar-refractivity contribution in [2.24, 2.45) is 0 Å². The Morgan fingerprint density at radius 1 is 1.07 bits per heavy atom. The number of nitrogens with one attached hydrogen (secondary N) is 2. The summed E-state index contributed by atoms with van der Waals surface area (Å²) in [6.45, 7) is 2.71. The van der Waals surface area contributed by atoms with Crippen LogP contribution in [0.4, 0.5) is 0 Å². The van der Waals surface area contributed by atoms with Gasteiger partial charge in [-0.15, -0.1) is 12.1 Å². The van der Waals surface area contributed by atoms with Crippen LogP contribution in [0.15, 0.2) is 12.3 Å². The topological polar surface area (TPSA) is 105 Å². The Morgan fingerprint density at radius 3 is 1.40 bits per heavy atom. The molecule has 0 aromatic carbocycles. The minimum atomic E-state index is -1.38. The van der Waals surface area contributed by atoms with Crippen molar-refractivity contribution in [1.29, 1.82) is 0 Å². The quantitative estimate of drug-likeness (QED) is 0.526. The molecule has 1 aliphatic rings. The number of aliphatic carboxylic acids is 1. The van der Waals surface area contributed by atoms with Gasteiger partial charge >= 0.3 is 27.0 Å². The fourth-order valence-corrected chi connectivity index (χ4v) is 1.09. The van der Waals surface area contributed by atoms with E-state index in [-0.39, 0.29) is 33.1 Å². The molecule has 15 heavy (non-hydrogen) atoms. The molecule has 1 aliphatic carbocycles. The van der Waals surface area contributed by atoms with Gasteiger partial charge in [0.15, 0.2) is 5.76 Å². The molecule has 1 fully saturated rings. The van der Waals surface area contributed by atoms with E-state index in [0.29, 0.717) is 0 Å². The van der Waals surface area contributed by atoms with Crippen LogP contribution < -0.4 is 0 Å². The summed E-state index contributed by atoms with van der Waals surface area (Å²) < 4.78 is 0. The first-order valence-electron chi connectivity index (χ1n) is 4.47. The third-order valence-corrected chi connectivity index (χ3v) is 1.97. The molecule has 0 bridgehead atoms. The summed E-state index contributed by atoms with van der Waals surface area (Å²) in [5.74, 6) is -2.20. The number of aliphatic hydroxyl groups excluding tert-OH is 1. The zero-order valence-corrected chi connectivity index (χ0v) is 10.6. The summed E-state index contributed by atoms with van der Waals surface area (Å²) in [5, 5.41) is 15.5. The number of rotatable bonds is 1. The van der Waals surface area contributed by atoms with Gasteiger partial charge in [0.1, 0.15) is 0 Å². The van der Waals surface area contributed by atoms with Crippen LogP contribution in [-0.2, 0) is 25.9 Å². The molecule has 0 unspecified atom stereocenters. The number of aliphatic hydroxyl groups is 1. The van der Waals surface area contributed by atoms with Crippen LogP contribution in [0.2, 0.25) is 0 Å². The molecule has 0 atom stereocenters. The van der Waals surface area contributed by atoms with Gasteiger partial charge in [0.05, 0.1) is 0 Å². The number of carboxylic acid groups (broad SMARTS) is 1. The normalized spacial score (nSPS) is 24.1. The van der Waals surface area contributed by atoms with E-state index in [2.05, 4.69) is 6.58 Å². The average molecular weight is 395 g/mol. The Bertz CT molecular complexity index is 182. The van der Waals surface area contributed by atoms with Crippen molar-refractivity contribution in [3.8, 4) is 0 Å². The monoisotopic (exact) mass is 395 g/mol. The molecule has 90 valence electrons. The summed E-state index contributed by atoms with van der Waals surface area (Å²) in [7, 11) is 0. The number of hydrogen-bond acceptors (Lipinski definition) is 2. The fraction of sp³-hybridized carbons (Fsp3) is 0.667. The Morgan fingerprint density at radius 2 is 1.27 bits per heavy atom.